The van der Waals surface area contributed by atoms with Crippen LogP contribution in [0.15, 0.2) is 5.16 Å². The lowest BCUT2D eigenvalue weighted by Gasteiger charge is -1.99. The minimum absolute atomic E-state index is 0.0322. The van der Waals surface area contributed by atoms with E-state index in [0.29, 0.717) is 0 Å². The van der Waals surface area contributed by atoms with Gasteiger partial charge in [-0.2, -0.15) is 17.7 Å². The smallest absolute Gasteiger partial charge is 0.200 e. The third kappa shape index (κ3) is 1.40. The van der Waals surface area contributed by atoms with Crippen LogP contribution in [-0.4, -0.2) is 9.67 Å². The molecule has 0 atom stereocenters. The van der Waals surface area contributed by atoms with E-state index in [0.717, 1.165) is 9.25 Å². The largest absolute Gasteiger partial charge is 0.497 e. The minimum atomic E-state index is -4.39. The molecule has 0 amide bonds. The summed E-state index contributed by atoms with van der Waals surface area (Å²) in [4.78, 5) is 0. The monoisotopic (exact) mass is 198 g/mol. The number of hydrogen-bond acceptors (Lipinski definition) is 2. The average Bonchev–Trinajstić information content (AvgIpc) is 2.05. The van der Waals surface area contributed by atoms with Gasteiger partial charge in [-0.05, 0) is 5.10 Å². The van der Waals surface area contributed by atoms with E-state index in [4.69, 9.17) is 0 Å². The molecule has 0 aromatic carbocycles. The molecule has 0 radical (unpaired) electrons. The van der Waals surface area contributed by atoms with E-state index in [1.165, 1.54) is 14.1 Å². The van der Waals surface area contributed by atoms with Gasteiger partial charge in [-0.25, -0.2) is 0 Å². The molecule has 12 heavy (non-hydrogen) atoms. The van der Waals surface area contributed by atoms with Crippen LogP contribution in [0.1, 0.15) is 5.82 Å². The van der Waals surface area contributed by atoms with Crippen molar-refractivity contribution in [1.82, 2.24) is 9.67 Å². The number of halogens is 3. The molecule has 0 aliphatic rings. The van der Waals surface area contributed by atoms with Gasteiger partial charge in [-0.3, -0.25) is 0 Å². The second kappa shape index (κ2) is 2.65. The zero-order valence-electron chi connectivity index (χ0n) is 6.42. The Kier molecular flexibility index (Phi) is 2.07. The molecule has 0 saturated heterocycles. The first-order chi connectivity index (χ1) is 5.34. The van der Waals surface area contributed by atoms with Crippen LogP contribution in [0, 0.1) is 0 Å². The quantitative estimate of drug-likeness (QED) is 0.477. The molecule has 1 aromatic heterocycles. The summed E-state index contributed by atoms with van der Waals surface area (Å²) in [6, 6.07) is 0. The molecule has 0 saturated carbocycles. The van der Waals surface area contributed by atoms with Crippen molar-refractivity contribution in [2.24, 2.45) is 14.1 Å². The summed E-state index contributed by atoms with van der Waals surface area (Å²) in [5.74, 6) is -0.826. The Morgan fingerprint density at radius 1 is 1.50 bits per heavy atom. The van der Waals surface area contributed by atoms with Crippen molar-refractivity contribution in [3.63, 3.8) is 0 Å². The van der Waals surface area contributed by atoms with Gasteiger partial charge in [0.25, 0.3) is 5.16 Å². The van der Waals surface area contributed by atoms with Gasteiger partial charge >= 0.3 is 12.0 Å². The fourth-order valence-corrected chi connectivity index (χ4v) is 1.16. The van der Waals surface area contributed by atoms with Crippen LogP contribution >= 0.6 is 12.6 Å². The topological polar surface area (TPSA) is 21.7 Å². The van der Waals surface area contributed by atoms with E-state index in [1.54, 1.807) is 0 Å². The second-order valence-electron chi connectivity index (χ2n) is 2.30. The van der Waals surface area contributed by atoms with Crippen LogP contribution in [0.5, 0.6) is 0 Å². The molecule has 0 spiro atoms. The van der Waals surface area contributed by atoms with Crippen LogP contribution in [0.4, 0.5) is 13.2 Å². The number of alkyl halides is 3. The maximum Gasteiger partial charge on any atom is 0.497 e. The Morgan fingerprint density at radius 3 is 2.17 bits per heavy atom. The van der Waals surface area contributed by atoms with Gasteiger partial charge < -0.3 is 0 Å². The summed E-state index contributed by atoms with van der Waals surface area (Å²) in [6.45, 7) is 0. The Balaban J connectivity index is 3.32. The molecule has 1 heterocycles. The number of aryl methyl sites for hydroxylation is 1. The zero-order chi connectivity index (χ0) is 9.52. The molecule has 0 unspecified atom stereocenters. The first-order valence-corrected chi connectivity index (χ1v) is 3.48. The first kappa shape index (κ1) is 9.37. The van der Waals surface area contributed by atoms with E-state index < -0.39 is 12.0 Å². The Labute approximate surface area is 72.2 Å². The minimum Gasteiger partial charge on any atom is -0.200 e. The van der Waals surface area contributed by atoms with E-state index in [2.05, 4.69) is 17.7 Å². The highest BCUT2D eigenvalue weighted by atomic mass is 32.1. The average molecular weight is 198 g/mol. The van der Waals surface area contributed by atoms with Gasteiger partial charge in [0.2, 0.25) is 0 Å². The van der Waals surface area contributed by atoms with Crippen LogP contribution in [0.2, 0.25) is 0 Å². The van der Waals surface area contributed by atoms with Crippen molar-refractivity contribution in [3.8, 4) is 0 Å². The van der Waals surface area contributed by atoms with E-state index in [1.807, 2.05) is 0 Å². The fraction of sp³-hybridized carbons (Fsp3) is 0.600. The number of nitrogens with zero attached hydrogens (tertiary/aromatic N) is 3. The van der Waals surface area contributed by atoms with Crippen molar-refractivity contribution in [3.05, 3.63) is 5.82 Å². The van der Waals surface area contributed by atoms with Gasteiger partial charge in [-0.15, -0.1) is 4.68 Å². The lowest BCUT2D eigenvalue weighted by atomic mass is 10.6. The summed E-state index contributed by atoms with van der Waals surface area (Å²) < 4.78 is 38.3. The van der Waals surface area contributed by atoms with Crippen molar-refractivity contribution >= 4 is 12.6 Å². The number of aromatic nitrogens is 3. The highest BCUT2D eigenvalue weighted by molar-refractivity contribution is 7.80. The maximum absolute atomic E-state index is 12.2. The lowest BCUT2D eigenvalue weighted by molar-refractivity contribution is -0.747. The van der Waals surface area contributed by atoms with Crippen LogP contribution in [-0.2, 0) is 20.3 Å². The molecule has 1 aromatic rings. The Morgan fingerprint density at radius 2 is 2.00 bits per heavy atom. The van der Waals surface area contributed by atoms with Crippen molar-refractivity contribution in [2.45, 2.75) is 11.3 Å². The van der Waals surface area contributed by atoms with Gasteiger partial charge in [-0.1, -0.05) is 12.6 Å². The summed E-state index contributed by atoms with van der Waals surface area (Å²) in [5.41, 5.74) is 0. The zero-order valence-corrected chi connectivity index (χ0v) is 7.32. The van der Waals surface area contributed by atoms with Crippen molar-refractivity contribution in [1.29, 1.82) is 0 Å². The maximum atomic E-state index is 12.2. The third-order valence-electron chi connectivity index (χ3n) is 1.42. The van der Waals surface area contributed by atoms with Crippen LogP contribution < -0.4 is 4.68 Å². The normalized spacial score (nSPS) is 12.2. The summed E-state index contributed by atoms with van der Waals surface area (Å²) >= 11 is 3.75. The fourth-order valence-electron chi connectivity index (χ4n) is 0.934. The summed E-state index contributed by atoms with van der Waals surface area (Å²) in [6.07, 6.45) is -4.39. The first-order valence-electron chi connectivity index (χ1n) is 3.03. The molecule has 0 aliphatic heterocycles. The number of thiol groups is 1. The highest BCUT2D eigenvalue weighted by Gasteiger charge is 2.45. The molecule has 0 bridgehead atoms. The van der Waals surface area contributed by atoms with E-state index in [-0.39, 0.29) is 5.16 Å². The Bertz CT molecular complexity index is 304. The summed E-state index contributed by atoms with van der Waals surface area (Å²) in [7, 11) is 2.49. The predicted octanol–water partition coefficient (Wildman–Crippen LogP) is 0.552. The van der Waals surface area contributed by atoms with Gasteiger partial charge in [0, 0.05) is 0 Å². The second-order valence-corrected chi connectivity index (χ2v) is 2.70. The van der Waals surface area contributed by atoms with E-state index >= 15 is 0 Å². The number of hydrogen-bond donors (Lipinski definition) is 1. The summed E-state index contributed by atoms with van der Waals surface area (Å²) in [5, 5.41) is 3.53. The molecule has 3 nitrogen and oxygen atoms in total. The van der Waals surface area contributed by atoms with E-state index in [9.17, 15) is 13.2 Å². The molecule has 0 N–H and O–H groups in total. The Hall–Kier alpha value is -0.720. The van der Waals surface area contributed by atoms with Crippen molar-refractivity contribution in [2.75, 3.05) is 0 Å². The molecule has 7 heteroatoms. The highest BCUT2D eigenvalue weighted by Crippen LogP contribution is 2.26. The van der Waals surface area contributed by atoms with Gasteiger partial charge in [0.05, 0.1) is 7.05 Å². The molecule has 0 fully saturated rings. The molecular weight excluding hydrogens is 191 g/mol. The van der Waals surface area contributed by atoms with Crippen molar-refractivity contribution < 1.29 is 17.9 Å². The molecule has 1 rings (SSSR count). The number of rotatable bonds is 0. The molecule has 0 aliphatic carbocycles. The van der Waals surface area contributed by atoms with Gasteiger partial charge in [0.1, 0.15) is 7.05 Å². The standard InChI is InChI=1S/C5H6F3N3S/c1-10-3(5(6,7)8)11(2)9-4(10)12/h1-2H3/p+1. The van der Waals surface area contributed by atoms with Crippen LogP contribution in [0.3, 0.4) is 0 Å². The predicted molar refractivity (Wildman–Crippen MR) is 36.6 cm³/mol. The lowest BCUT2D eigenvalue weighted by Crippen LogP contribution is -2.39. The molecular formula is C5H7F3N3S+. The SMILES string of the molecule is Cn1c(S)n[n+](C)c1C(F)(F)F. The third-order valence-corrected chi connectivity index (χ3v) is 1.81. The molecule has 68 valence electrons. The van der Waals surface area contributed by atoms with Crippen LogP contribution in [0.25, 0.3) is 0 Å². The van der Waals surface area contributed by atoms with Gasteiger partial charge in [0.15, 0.2) is 0 Å².